The molecule has 1 aromatic carbocycles. The molecule has 0 fully saturated rings. The minimum absolute atomic E-state index is 0.0216. The normalized spacial score (nSPS) is 11.9. The van der Waals surface area contributed by atoms with E-state index in [9.17, 15) is 12.8 Å². The largest absolute Gasteiger partial charge is 0.495 e. The van der Waals surface area contributed by atoms with E-state index in [0.29, 0.717) is 45.1 Å². The van der Waals surface area contributed by atoms with Crippen molar-refractivity contribution in [2.45, 2.75) is 6.54 Å². The van der Waals surface area contributed by atoms with E-state index in [1.807, 2.05) is 24.3 Å². The summed E-state index contributed by atoms with van der Waals surface area (Å²) in [4.78, 5) is 16.8. The maximum atomic E-state index is 14.5. The number of aromatic amines is 2. The number of aromatic nitrogens is 6. The Hall–Kier alpha value is -4.68. The lowest BCUT2D eigenvalue weighted by molar-refractivity contribution is 0.413. The van der Waals surface area contributed by atoms with Crippen molar-refractivity contribution < 1.29 is 17.5 Å². The zero-order chi connectivity index (χ0) is 27.1. The van der Waals surface area contributed by atoms with Crippen LogP contribution in [-0.4, -0.2) is 51.9 Å². The van der Waals surface area contributed by atoms with Gasteiger partial charge in [0.2, 0.25) is 10.0 Å². The number of benzene rings is 1. The van der Waals surface area contributed by atoms with Crippen molar-refractivity contribution in [3.05, 3.63) is 78.5 Å². The van der Waals surface area contributed by atoms with Gasteiger partial charge < -0.3 is 9.72 Å². The lowest BCUT2D eigenvalue weighted by atomic mass is 10.0. The Kier molecular flexibility index (Phi) is 6.04. The number of methoxy groups -OCH3 is 1. The van der Waals surface area contributed by atoms with Gasteiger partial charge in [0.15, 0.2) is 0 Å². The van der Waals surface area contributed by atoms with Crippen LogP contribution in [0.25, 0.3) is 55.8 Å². The highest BCUT2D eigenvalue weighted by atomic mass is 32.2. The van der Waals surface area contributed by atoms with Gasteiger partial charge in [0.1, 0.15) is 28.4 Å². The fraction of sp³-hybridized carbons (Fsp3) is 0.111. The van der Waals surface area contributed by atoms with E-state index in [1.165, 1.54) is 12.1 Å². The minimum atomic E-state index is -3.42. The lowest BCUT2D eigenvalue weighted by Crippen LogP contribution is -2.21. The van der Waals surface area contributed by atoms with Gasteiger partial charge in [-0.2, -0.15) is 5.10 Å². The summed E-state index contributed by atoms with van der Waals surface area (Å²) in [6, 6.07) is 13.8. The van der Waals surface area contributed by atoms with Crippen LogP contribution < -0.4 is 9.46 Å². The first kappa shape index (κ1) is 24.6. The van der Waals surface area contributed by atoms with Crippen molar-refractivity contribution in [1.29, 1.82) is 0 Å². The van der Waals surface area contributed by atoms with Crippen LogP contribution in [0.5, 0.6) is 5.75 Å². The third-order valence-electron chi connectivity index (χ3n) is 6.25. The fourth-order valence-corrected chi connectivity index (χ4v) is 4.88. The molecule has 5 heterocycles. The molecule has 39 heavy (non-hydrogen) atoms. The highest BCUT2D eigenvalue weighted by Gasteiger charge is 2.17. The van der Waals surface area contributed by atoms with Gasteiger partial charge in [-0.05, 0) is 65.2 Å². The Labute approximate surface area is 222 Å². The van der Waals surface area contributed by atoms with Gasteiger partial charge in [0.05, 0.1) is 36.5 Å². The van der Waals surface area contributed by atoms with Crippen molar-refractivity contribution in [2.24, 2.45) is 0 Å². The van der Waals surface area contributed by atoms with Crippen molar-refractivity contribution in [3.8, 4) is 39.5 Å². The molecule has 12 heteroatoms. The first-order chi connectivity index (χ1) is 18.8. The summed E-state index contributed by atoms with van der Waals surface area (Å²) in [7, 11) is -1.84. The summed E-state index contributed by atoms with van der Waals surface area (Å²) in [6.07, 6.45) is 6.04. The molecule has 0 aliphatic carbocycles. The Balaban J connectivity index is 1.42. The predicted octanol–water partition coefficient (Wildman–Crippen LogP) is 4.43. The van der Waals surface area contributed by atoms with E-state index < -0.39 is 15.8 Å². The number of pyridine rings is 3. The number of H-pyrrole nitrogens is 2. The zero-order valence-corrected chi connectivity index (χ0v) is 21.7. The van der Waals surface area contributed by atoms with Crippen LogP contribution in [0.2, 0.25) is 0 Å². The maximum absolute atomic E-state index is 14.5. The molecule has 0 bridgehead atoms. The fourth-order valence-electron chi connectivity index (χ4n) is 4.45. The Morgan fingerprint density at radius 2 is 1.92 bits per heavy atom. The number of ether oxygens (including phenoxy) is 1. The minimum Gasteiger partial charge on any atom is -0.495 e. The lowest BCUT2D eigenvalue weighted by Gasteiger charge is -2.08. The van der Waals surface area contributed by atoms with E-state index in [2.05, 4.69) is 29.9 Å². The van der Waals surface area contributed by atoms with Gasteiger partial charge in [-0.3, -0.25) is 10.1 Å². The monoisotopic (exact) mass is 543 g/mol. The molecule has 0 amide bonds. The summed E-state index contributed by atoms with van der Waals surface area (Å²) in [5.74, 6) is 0.157. The van der Waals surface area contributed by atoms with Crippen LogP contribution in [0.4, 0.5) is 4.39 Å². The SMILES string of the molecule is COc1cncc(-c2ccc3[nH]nc(-c4cc5c(-c6cc(F)cc(CNS(C)(=O)=O)c6)ccnc5[nH]4)c3n2)c1. The molecule has 196 valence electrons. The zero-order valence-electron chi connectivity index (χ0n) is 20.9. The number of fused-ring (bicyclic) bond motifs is 2. The Morgan fingerprint density at radius 1 is 1.05 bits per heavy atom. The van der Waals surface area contributed by atoms with Crippen LogP contribution in [0.3, 0.4) is 0 Å². The smallest absolute Gasteiger partial charge is 0.209 e. The number of halogens is 1. The molecule has 0 radical (unpaired) electrons. The molecule has 6 rings (SSSR count). The molecule has 0 unspecified atom stereocenters. The van der Waals surface area contributed by atoms with Crippen LogP contribution in [0.15, 0.2) is 67.1 Å². The standard InChI is InChI=1S/C27H22FN7O3S/c1-38-19-10-17(13-29-14-19)22-3-4-23-25(32-22)26(35-34-23)24-11-21-20(5-6-30-27(21)33-24)16-7-15(8-18(28)9-16)12-31-39(2,36)37/h3-11,13-14,31H,12H2,1-2H3,(H,30,33)(H,34,35). The van der Waals surface area contributed by atoms with Gasteiger partial charge in [0, 0.05) is 29.9 Å². The van der Waals surface area contributed by atoms with Crippen molar-refractivity contribution in [1.82, 2.24) is 34.9 Å². The Bertz CT molecular complexity index is 1970. The molecule has 10 nitrogen and oxygen atoms in total. The maximum Gasteiger partial charge on any atom is 0.209 e. The molecule has 0 aliphatic rings. The molecule has 0 saturated carbocycles. The van der Waals surface area contributed by atoms with Crippen molar-refractivity contribution in [2.75, 3.05) is 13.4 Å². The van der Waals surface area contributed by atoms with Crippen molar-refractivity contribution in [3.63, 3.8) is 0 Å². The second-order valence-corrected chi connectivity index (χ2v) is 10.9. The molecular formula is C27H22FN7O3S. The number of rotatable bonds is 7. The average molecular weight is 544 g/mol. The molecule has 3 N–H and O–H groups in total. The van der Waals surface area contributed by atoms with Gasteiger partial charge in [-0.25, -0.2) is 27.5 Å². The van der Waals surface area contributed by atoms with E-state index in [1.54, 1.807) is 37.8 Å². The van der Waals surface area contributed by atoms with Gasteiger partial charge in [0.25, 0.3) is 0 Å². The predicted molar refractivity (Wildman–Crippen MR) is 146 cm³/mol. The number of hydrogen-bond acceptors (Lipinski definition) is 7. The van der Waals surface area contributed by atoms with Crippen LogP contribution in [-0.2, 0) is 16.6 Å². The van der Waals surface area contributed by atoms with E-state index in [4.69, 9.17) is 9.72 Å². The second kappa shape index (κ2) is 9.57. The van der Waals surface area contributed by atoms with Gasteiger partial charge >= 0.3 is 0 Å². The highest BCUT2D eigenvalue weighted by molar-refractivity contribution is 7.88. The van der Waals surface area contributed by atoms with Crippen LogP contribution in [0, 0.1) is 5.82 Å². The van der Waals surface area contributed by atoms with E-state index in [-0.39, 0.29) is 6.54 Å². The number of nitrogens with one attached hydrogen (secondary N) is 3. The summed E-state index contributed by atoms with van der Waals surface area (Å²) in [5, 5.41) is 8.27. The number of sulfonamides is 1. The summed E-state index contributed by atoms with van der Waals surface area (Å²) >= 11 is 0. The number of nitrogens with zero attached hydrogens (tertiary/aromatic N) is 4. The quantitative estimate of drug-likeness (QED) is 0.271. The topological polar surface area (TPSA) is 139 Å². The number of hydrogen-bond donors (Lipinski definition) is 3. The third-order valence-corrected chi connectivity index (χ3v) is 6.92. The van der Waals surface area contributed by atoms with Gasteiger partial charge in [-0.1, -0.05) is 0 Å². The summed E-state index contributed by atoms with van der Waals surface area (Å²) in [6.45, 7) is -0.0216. The van der Waals surface area contributed by atoms with Crippen LogP contribution >= 0.6 is 0 Å². The molecule has 0 spiro atoms. The van der Waals surface area contributed by atoms with Crippen molar-refractivity contribution >= 4 is 32.1 Å². The molecule has 6 aromatic rings. The third kappa shape index (κ3) is 4.94. The molecular weight excluding hydrogens is 521 g/mol. The first-order valence-corrected chi connectivity index (χ1v) is 13.7. The molecule has 5 aromatic heterocycles. The first-order valence-electron chi connectivity index (χ1n) is 11.8. The molecule has 0 atom stereocenters. The van der Waals surface area contributed by atoms with E-state index >= 15 is 0 Å². The summed E-state index contributed by atoms with van der Waals surface area (Å²) < 4.78 is 45.3. The Morgan fingerprint density at radius 3 is 2.74 bits per heavy atom. The summed E-state index contributed by atoms with van der Waals surface area (Å²) in [5.41, 5.74) is 6.62. The molecule has 0 aliphatic heterocycles. The van der Waals surface area contributed by atoms with Gasteiger partial charge in [-0.15, -0.1) is 0 Å². The second-order valence-electron chi connectivity index (χ2n) is 9.02. The highest BCUT2D eigenvalue weighted by Crippen LogP contribution is 2.34. The average Bonchev–Trinajstić information content (AvgIpc) is 3.55. The van der Waals surface area contributed by atoms with Crippen LogP contribution in [0.1, 0.15) is 5.56 Å². The van der Waals surface area contributed by atoms with E-state index in [0.717, 1.165) is 28.3 Å². The molecule has 0 saturated heterocycles.